The molecular formula is C46H35N7Si. The predicted octanol–water partition coefficient (Wildman–Crippen LogP) is 10.7. The molecule has 8 bridgehead atoms. The molecule has 6 aromatic heterocycles. The lowest BCUT2D eigenvalue weighted by molar-refractivity contribution is 1.29. The molecule has 0 spiro atoms. The quantitative estimate of drug-likeness (QED) is 0.140. The molecule has 7 nitrogen and oxygen atoms in total. The number of aromatic amines is 2. The summed E-state index contributed by atoms with van der Waals surface area (Å²) in [5, 5.41) is 0. The Morgan fingerprint density at radius 1 is 0.407 bits per heavy atom. The molecule has 8 heterocycles. The maximum Gasteiger partial charge on any atom is 0.129 e. The van der Waals surface area contributed by atoms with Crippen molar-refractivity contribution in [1.29, 1.82) is 0 Å². The van der Waals surface area contributed by atoms with Gasteiger partial charge in [0.15, 0.2) is 0 Å². The lowest BCUT2D eigenvalue weighted by Gasteiger charge is -2.07. The van der Waals surface area contributed by atoms with Crippen LogP contribution in [0.25, 0.3) is 90.9 Å². The van der Waals surface area contributed by atoms with Crippen molar-refractivity contribution in [3.8, 4) is 56.0 Å². The average molecular weight is 714 g/mol. The summed E-state index contributed by atoms with van der Waals surface area (Å²) in [7, 11) is -1.53. The van der Waals surface area contributed by atoms with E-state index in [0.29, 0.717) is 0 Å². The molecule has 0 saturated carbocycles. The van der Waals surface area contributed by atoms with Crippen LogP contribution in [-0.4, -0.2) is 43.0 Å². The van der Waals surface area contributed by atoms with E-state index < -0.39 is 8.07 Å². The largest absolute Gasteiger partial charge is 0.354 e. The Bertz CT molecular complexity index is 2800. The van der Waals surface area contributed by atoms with Crippen LogP contribution in [0.1, 0.15) is 28.3 Å². The number of nitrogens with zero attached hydrogens (tertiary/aromatic N) is 5. The Kier molecular flexibility index (Phi) is 8.26. The molecule has 2 aliphatic heterocycles. The second-order valence-corrected chi connectivity index (χ2v) is 19.0. The number of aromatic nitrogens is 7. The number of H-pyrrole nitrogens is 2. The van der Waals surface area contributed by atoms with Crippen LogP contribution in [0.3, 0.4) is 0 Å². The summed E-state index contributed by atoms with van der Waals surface area (Å²) in [6, 6.07) is 29.2. The minimum absolute atomic E-state index is 0.846. The highest BCUT2D eigenvalue weighted by Gasteiger charge is 2.19. The van der Waals surface area contributed by atoms with Gasteiger partial charge in [0.1, 0.15) is 8.07 Å². The van der Waals surface area contributed by atoms with Crippen molar-refractivity contribution in [2.45, 2.75) is 19.6 Å². The summed E-state index contributed by atoms with van der Waals surface area (Å²) in [6.45, 7) is 6.78. The van der Waals surface area contributed by atoms with Crippen molar-refractivity contribution in [2.24, 2.45) is 0 Å². The SMILES string of the molecule is C[Si](C)(C)C#Cc1ccc(-c2c3nc(c(-c4ccncc4)c4ccc([nH]4)c(-c4ccncc4)c4nc(c(-c5ccncc5)c5ccc2[nH]5)C=C4)C=C3)cc1. The molecule has 0 saturated heterocycles. The van der Waals surface area contributed by atoms with E-state index in [1.807, 2.05) is 73.6 Å². The standard InChI is InChI=1S/C46H35N7Si/c1-54(2,3)29-22-30-4-6-31(7-5-30)43-35-8-10-37(50-35)44(32-16-23-47-24-17-32)39-12-14-41(52-39)46(34-20-27-49-28-21-34)42-15-13-40(53-42)45(33-18-25-48-26-19-33)38-11-9-36(43)51-38/h4-21,23-28,50,53H,1-3H3. The molecular weight excluding hydrogens is 679 g/mol. The fraction of sp³-hybridized carbons (Fsp3) is 0.0652. The third-order valence-electron chi connectivity index (χ3n) is 9.42. The first-order chi connectivity index (χ1) is 26.4. The van der Waals surface area contributed by atoms with Crippen LogP contribution in [0.4, 0.5) is 0 Å². The highest BCUT2D eigenvalue weighted by atomic mass is 28.3. The zero-order valence-corrected chi connectivity index (χ0v) is 31.1. The van der Waals surface area contributed by atoms with Crippen molar-refractivity contribution >= 4 is 54.4 Å². The van der Waals surface area contributed by atoms with E-state index in [2.05, 4.69) is 129 Å². The molecule has 0 amide bonds. The van der Waals surface area contributed by atoms with Gasteiger partial charge in [-0.3, -0.25) is 15.0 Å². The Hall–Kier alpha value is -6.95. The first-order valence-electron chi connectivity index (χ1n) is 17.9. The number of nitrogens with one attached hydrogen (secondary N) is 2. The molecule has 0 atom stereocenters. The monoisotopic (exact) mass is 713 g/mol. The van der Waals surface area contributed by atoms with Gasteiger partial charge in [-0.05, 0) is 119 Å². The van der Waals surface area contributed by atoms with E-state index in [1.165, 1.54) is 0 Å². The molecule has 8 heteroatoms. The minimum Gasteiger partial charge on any atom is -0.354 e. The number of hydrogen-bond donors (Lipinski definition) is 2. The van der Waals surface area contributed by atoms with Crippen LogP contribution in [0, 0.1) is 11.5 Å². The summed E-state index contributed by atoms with van der Waals surface area (Å²) in [4.78, 5) is 31.2. The van der Waals surface area contributed by atoms with Gasteiger partial charge in [-0.15, -0.1) is 5.54 Å². The van der Waals surface area contributed by atoms with Crippen LogP contribution in [0.5, 0.6) is 0 Å². The normalized spacial score (nSPS) is 12.1. The second kappa shape index (κ2) is 13.5. The third kappa shape index (κ3) is 6.38. The Morgan fingerprint density at radius 3 is 1.04 bits per heavy atom. The van der Waals surface area contributed by atoms with Gasteiger partial charge in [0.05, 0.1) is 22.8 Å². The van der Waals surface area contributed by atoms with Crippen molar-refractivity contribution in [1.82, 2.24) is 34.9 Å². The predicted molar refractivity (Wildman–Crippen MR) is 224 cm³/mol. The molecule has 0 aliphatic carbocycles. The molecule has 2 N–H and O–H groups in total. The minimum atomic E-state index is -1.53. The Balaban J connectivity index is 1.42. The number of hydrogen-bond acceptors (Lipinski definition) is 5. The van der Waals surface area contributed by atoms with Crippen LogP contribution in [0.15, 0.2) is 122 Å². The average Bonchev–Trinajstić information content (AvgIpc) is 4.03. The van der Waals surface area contributed by atoms with Gasteiger partial charge in [-0.25, -0.2) is 9.97 Å². The van der Waals surface area contributed by atoms with Gasteiger partial charge >= 0.3 is 0 Å². The van der Waals surface area contributed by atoms with Crippen molar-refractivity contribution in [3.63, 3.8) is 0 Å². The summed E-state index contributed by atoms with van der Waals surface area (Å²) >= 11 is 0. The van der Waals surface area contributed by atoms with E-state index >= 15 is 0 Å². The first-order valence-corrected chi connectivity index (χ1v) is 21.4. The molecule has 258 valence electrons. The molecule has 0 unspecified atom stereocenters. The molecule has 0 fully saturated rings. The van der Waals surface area contributed by atoms with Crippen LogP contribution in [0.2, 0.25) is 19.6 Å². The summed E-state index contributed by atoms with van der Waals surface area (Å²) < 4.78 is 0. The zero-order chi connectivity index (χ0) is 36.6. The third-order valence-corrected chi connectivity index (χ3v) is 10.3. The first kappa shape index (κ1) is 32.9. The van der Waals surface area contributed by atoms with Crippen LogP contribution < -0.4 is 0 Å². The van der Waals surface area contributed by atoms with Crippen LogP contribution >= 0.6 is 0 Å². The van der Waals surface area contributed by atoms with E-state index in [4.69, 9.17) is 9.97 Å². The van der Waals surface area contributed by atoms with Gasteiger partial charge in [-0.1, -0.05) is 37.7 Å². The molecule has 9 rings (SSSR count). The Labute approximate surface area is 314 Å². The van der Waals surface area contributed by atoms with E-state index in [9.17, 15) is 0 Å². The summed E-state index contributed by atoms with van der Waals surface area (Å²) in [6.07, 6.45) is 19.3. The van der Waals surface area contributed by atoms with Crippen molar-refractivity contribution < 1.29 is 0 Å². The summed E-state index contributed by atoms with van der Waals surface area (Å²) in [5.74, 6) is 3.41. The van der Waals surface area contributed by atoms with Gasteiger partial charge in [-0.2, -0.15) is 0 Å². The molecule has 54 heavy (non-hydrogen) atoms. The fourth-order valence-corrected chi connectivity index (χ4v) is 7.48. The number of benzene rings is 1. The maximum atomic E-state index is 5.38. The van der Waals surface area contributed by atoms with Gasteiger partial charge < -0.3 is 9.97 Å². The molecule has 1 aromatic carbocycles. The fourth-order valence-electron chi connectivity index (χ4n) is 6.96. The van der Waals surface area contributed by atoms with Crippen molar-refractivity contribution in [3.05, 3.63) is 150 Å². The number of pyridine rings is 3. The lowest BCUT2D eigenvalue weighted by atomic mass is 10.0. The zero-order valence-electron chi connectivity index (χ0n) is 30.1. The lowest BCUT2D eigenvalue weighted by Crippen LogP contribution is -2.16. The Morgan fingerprint density at radius 2 is 0.722 bits per heavy atom. The molecule has 2 aliphatic rings. The van der Waals surface area contributed by atoms with Gasteiger partial charge in [0.2, 0.25) is 0 Å². The second-order valence-electron chi connectivity index (χ2n) is 14.3. The molecule has 7 aromatic rings. The molecule has 0 radical (unpaired) electrons. The summed E-state index contributed by atoms with van der Waals surface area (Å²) in [5.41, 5.74) is 19.6. The highest BCUT2D eigenvalue weighted by molar-refractivity contribution is 6.83. The van der Waals surface area contributed by atoms with Gasteiger partial charge in [0.25, 0.3) is 0 Å². The maximum absolute atomic E-state index is 5.38. The van der Waals surface area contributed by atoms with E-state index in [1.54, 1.807) is 0 Å². The van der Waals surface area contributed by atoms with Gasteiger partial charge in [0, 0.05) is 87.1 Å². The van der Waals surface area contributed by atoms with Crippen LogP contribution in [-0.2, 0) is 0 Å². The smallest absolute Gasteiger partial charge is 0.129 e. The highest BCUT2D eigenvalue weighted by Crippen LogP contribution is 2.38. The number of rotatable bonds is 4. The van der Waals surface area contributed by atoms with E-state index in [-0.39, 0.29) is 0 Å². The topological polar surface area (TPSA) is 96.0 Å². The number of fused-ring (bicyclic) bond motifs is 8. The van der Waals surface area contributed by atoms with Crippen molar-refractivity contribution in [2.75, 3.05) is 0 Å². The van der Waals surface area contributed by atoms with E-state index in [0.717, 1.165) is 94.9 Å².